The van der Waals surface area contributed by atoms with Crippen molar-refractivity contribution in [2.75, 3.05) is 6.54 Å². The fourth-order valence-corrected chi connectivity index (χ4v) is 3.17. The van der Waals surface area contributed by atoms with Crippen molar-refractivity contribution < 1.29 is 152 Å². The molecule has 0 atom stereocenters. The van der Waals surface area contributed by atoms with Crippen LogP contribution >= 0.6 is 15.2 Å². The Balaban J connectivity index is -0.000000187. The van der Waals surface area contributed by atoms with Crippen molar-refractivity contribution in [3.63, 3.8) is 0 Å². The Kier molecular flexibility index (Phi) is 27.3. The molecular formula is C6H13NNa4O7P2. The van der Waals surface area contributed by atoms with Gasteiger partial charge in [0.2, 0.25) is 0 Å². The first kappa shape index (κ1) is 35.4. The molecule has 0 heterocycles. The summed E-state index contributed by atoms with van der Waals surface area (Å²) in [5.41, 5.74) is 5.13. The van der Waals surface area contributed by atoms with Gasteiger partial charge in [-0.15, -0.1) is 0 Å². The van der Waals surface area contributed by atoms with Gasteiger partial charge in [-0.25, -0.2) is 0 Å². The maximum absolute atomic E-state index is 10.6. The summed E-state index contributed by atoms with van der Waals surface area (Å²) in [4.78, 5) is 42.4. The third-order valence-electron chi connectivity index (χ3n) is 2.09. The molecule has 8 nitrogen and oxygen atoms in total. The van der Waals surface area contributed by atoms with E-state index in [0.29, 0.717) is 19.4 Å². The first-order valence-electron chi connectivity index (χ1n) is 4.53. The number of hydrogen-bond donors (Lipinski definition) is 2. The maximum atomic E-state index is 10.6. The van der Waals surface area contributed by atoms with Crippen molar-refractivity contribution in [2.24, 2.45) is 5.73 Å². The molecule has 0 radical (unpaired) electrons. The Bertz CT molecular complexity index is 300. The van der Waals surface area contributed by atoms with Crippen molar-refractivity contribution in [3.8, 4) is 0 Å². The number of nitrogens with two attached hydrogens (primary N) is 1. The van der Waals surface area contributed by atoms with Crippen LogP contribution in [-0.4, -0.2) is 16.7 Å². The summed E-state index contributed by atoms with van der Waals surface area (Å²) in [6, 6.07) is 0. The molecule has 0 aliphatic carbocycles. The standard InChI is InChI=1S/C6H17NO7P2.4Na/c7-5-3-1-2-4-6(8,15(9,10)11)16(12,13)14;;;;/h8H,1-5,7H2,(H2,9,10,11)(H2,12,13,14);;;;/q;4*+1/p-4. The minimum atomic E-state index is -5.92. The molecule has 0 aromatic heterocycles. The van der Waals surface area contributed by atoms with Crippen LogP contribution < -0.4 is 144 Å². The molecule has 14 heteroatoms. The summed E-state index contributed by atoms with van der Waals surface area (Å²) in [7, 11) is -11.8. The van der Waals surface area contributed by atoms with E-state index in [1.807, 2.05) is 0 Å². The molecule has 98 valence electrons. The van der Waals surface area contributed by atoms with E-state index >= 15 is 0 Å². The zero-order chi connectivity index (χ0) is 13.0. The van der Waals surface area contributed by atoms with Crippen molar-refractivity contribution >= 4 is 15.2 Å². The quantitative estimate of drug-likeness (QED) is 0.254. The summed E-state index contributed by atoms with van der Waals surface area (Å²) in [6.45, 7) is 0.303. The zero-order valence-electron chi connectivity index (χ0n) is 12.4. The summed E-state index contributed by atoms with van der Waals surface area (Å²) in [5, 5.41) is 5.45. The van der Waals surface area contributed by atoms with Gasteiger partial charge in [0.15, 0.2) is 0 Å². The summed E-state index contributed by atoms with van der Waals surface area (Å²) in [5.74, 6) is 0. The van der Waals surface area contributed by atoms with Crippen LogP contribution in [0.2, 0.25) is 0 Å². The van der Waals surface area contributed by atoms with E-state index in [2.05, 4.69) is 0 Å². The molecule has 0 amide bonds. The van der Waals surface area contributed by atoms with Gasteiger partial charge < -0.3 is 39.5 Å². The van der Waals surface area contributed by atoms with Gasteiger partial charge in [0, 0.05) is 0 Å². The Hall–Kier alpha value is 4.22. The molecule has 0 aromatic rings. The zero-order valence-corrected chi connectivity index (χ0v) is 22.2. The predicted molar refractivity (Wildman–Crippen MR) is 47.7 cm³/mol. The smallest absolute Gasteiger partial charge is 0.808 e. The van der Waals surface area contributed by atoms with Gasteiger partial charge in [0.05, 0.1) is 0 Å². The van der Waals surface area contributed by atoms with E-state index in [9.17, 15) is 33.8 Å². The van der Waals surface area contributed by atoms with E-state index in [1.54, 1.807) is 0 Å². The largest absolute Gasteiger partial charge is 1.00 e. The van der Waals surface area contributed by atoms with Crippen molar-refractivity contribution in [3.05, 3.63) is 0 Å². The molecule has 0 unspecified atom stereocenters. The predicted octanol–water partition coefficient (Wildman–Crippen LogP) is -15.0. The number of unbranched alkanes of at least 4 members (excludes halogenated alkanes) is 2. The third-order valence-corrected chi connectivity index (χ3v) is 5.76. The van der Waals surface area contributed by atoms with Gasteiger partial charge >= 0.3 is 118 Å². The molecule has 0 saturated carbocycles. The van der Waals surface area contributed by atoms with Crippen LogP contribution in [0, 0.1) is 0 Å². The third kappa shape index (κ3) is 11.7. The number of hydrogen-bond acceptors (Lipinski definition) is 8. The molecule has 20 heavy (non-hydrogen) atoms. The van der Waals surface area contributed by atoms with E-state index in [0.717, 1.165) is 0 Å². The maximum Gasteiger partial charge on any atom is 1.00 e. The normalized spacial score (nSPS) is 11.3. The molecule has 0 rings (SSSR count). The number of rotatable bonds is 7. The van der Waals surface area contributed by atoms with Gasteiger partial charge in [0.1, 0.15) is 5.08 Å². The van der Waals surface area contributed by atoms with Crippen LogP contribution in [0.5, 0.6) is 0 Å². The second kappa shape index (κ2) is 15.5. The van der Waals surface area contributed by atoms with Crippen LogP contribution in [0.3, 0.4) is 0 Å². The molecule has 0 aromatic carbocycles. The monoisotopic (exact) mass is 365 g/mol. The molecule has 3 N–H and O–H groups in total. The minimum Gasteiger partial charge on any atom is -0.808 e. The van der Waals surface area contributed by atoms with Gasteiger partial charge in [-0.2, -0.15) is 0 Å². The van der Waals surface area contributed by atoms with Crippen LogP contribution in [0.4, 0.5) is 0 Å². The van der Waals surface area contributed by atoms with Gasteiger partial charge in [0.25, 0.3) is 0 Å². The van der Waals surface area contributed by atoms with Crippen molar-refractivity contribution in [1.82, 2.24) is 0 Å². The topological polar surface area (TPSA) is 173 Å². The molecule has 0 spiro atoms. The summed E-state index contributed by atoms with van der Waals surface area (Å²) in [6.07, 6.45) is -0.211. The van der Waals surface area contributed by atoms with Gasteiger partial charge in [-0.1, -0.05) is 6.42 Å². The van der Waals surface area contributed by atoms with Crippen LogP contribution in [-0.2, 0) is 9.13 Å². The summed E-state index contributed by atoms with van der Waals surface area (Å²) < 4.78 is 21.2. The average Bonchev–Trinajstić information content (AvgIpc) is 2.08. The van der Waals surface area contributed by atoms with Gasteiger partial charge in [-0.3, -0.25) is 0 Å². The summed E-state index contributed by atoms with van der Waals surface area (Å²) >= 11 is 0. The second-order valence-electron chi connectivity index (χ2n) is 3.37. The van der Waals surface area contributed by atoms with E-state index in [-0.39, 0.29) is 125 Å². The Morgan fingerprint density at radius 2 is 1.20 bits per heavy atom. The van der Waals surface area contributed by atoms with E-state index < -0.39 is 26.7 Å². The SMILES string of the molecule is NCCCCCC(O)(P(=O)([O-])[O-])P(=O)([O-])[O-].[Na+].[Na+].[Na+].[Na+]. The average molecular weight is 365 g/mol. The second-order valence-corrected chi connectivity index (χ2v) is 7.19. The first-order chi connectivity index (χ1) is 7.06. The molecule has 0 saturated heterocycles. The molecule has 0 fully saturated rings. The Morgan fingerprint density at radius 3 is 1.45 bits per heavy atom. The van der Waals surface area contributed by atoms with E-state index in [1.165, 1.54) is 0 Å². The van der Waals surface area contributed by atoms with Crippen molar-refractivity contribution in [1.29, 1.82) is 0 Å². The Labute approximate surface area is 206 Å². The van der Waals surface area contributed by atoms with E-state index in [4.69, 9.17) is 5.73 Å². The minimum absolute atomic E-state index is 0. The van der Waals surface area contributed by atoms with Crippen molar-refractivity contribution in [2.45, 2.75) is 30.8 Å². The first-order valence-corrected chi connectivity index (χ1v) is 7.61. The number of aliphatic hydroxyl groups is 1. The van der Waals surface area contributed by atoms with Gasteiger partial charge in [-0.05, 0) is 41.0 Å². The van der Waals surface area contributed by atoms with Crippen LogP contribution in [0.25, 0.3) is 0 Å². The molecule has 0 bridgehead atoms. The fourth-order valence-electron chi connectivity index (χ4n) is 1.11. The van der Waals surface area contributed by atoms with Crippen LogP contribution in [0.1, 0.15) is 25.7 Å². The Morgan fingerprint density at radius 1 is 0.850 bits per heavy atom. The molecule has 0 aliphatic heterocycles. The fraction of sp³-hybridized carbons (Fsp3) is 1.00. The molecule has 0 aliphatic rings. The van der Waals surface area contributed by atoms with Crippen LogP contribution in [0.15, 0.2) is 0 Å². The molecular weight excluding hydrogens is 352 g/mol.